The summed E-state index contributed by atoms with van der Waals surface area (Å²) in [6.45, 7) is -0.0214. The summed E-state index contributed by atoms with van der Waals surface area (Å²) in [4.78, 5) is 0. The average molecular weight is 314 g/mol. The minimum absolute atomic E-state index is 0.114. The van der Waals surface area contributed by atoms with E-state index in [-0.39, 0.29) is 35.8 Å². The minimum atomic E-state index is -0.171. The molecule has 0 aliphatic rings. The van der Waals surface area contributed by atoms with E-state index in [4.69, 9.17) is 22.4 Å². The molecule has 3 N–H and O–H groups in total. The predicted molar refractivity (Wildman–Crippen MR) is 83.4 cm³/mol. The molecule has 110 valence electrons. The Labute approximate surface area is 132 Å². The van der Waals surface area contributed by atoms with Gasteiger partial charge in [-0.1, -0.05) is 23.7 Å². The monoisotopic (exact) mass is 313 g/mol. The van der Waals surface area contributed by atoms with Gasteiger partial charge in [-0.2, -0.15) is 15.6 Å². The molecule has 0 aliphatic carbocycles. The number of nitrogen functional groups attached to an aromatic ring is 1. The van der Waals surface area contributed by atoms with Gasteiger partial charge in [0.25, 0.3) is 0 Å². The van der Waals surface area contributed by atoms with E-state index >= 15 is 0 Å². The Bertz CT molecular complexity index is 810. The fourth-order valence-electron chi connectivity index (χ4n) is 1.96. The number of hydrogen-bond donors (Lipinski definition) is 2. The van der Waals surface area contributed by atoms with Crippen molar-refractivity contribution in [3.63, 3.8) is 0 Å². The number of aliphatic hydroxyl groups excluding tert-OH is 1. The maximum atomic E-state index is 9.36. The highest BCUT2D eigenvalue weighted by molar-refractivity contribution is 6.30. The van der Waals surface area contributed by atoms with Crippen LogP contribution in [-0.4, -0.2) is 21.5 Å². The second-order valence-electron chi connectivity index (χ2n) is 4.39. The summed E-state index contributed by atoms with van der Waals surface area (Å²) in [6.07, 6.45) is 1.58. The molecule has 1 aromatic heterocycles. The van der Waals surface area contributed by atoms with Crippen molar-refractivity contribution in [1.29, 1.82) is 10.5 Å². The third kappa shape index (κ3) is 3.09. The summed E-state index contributed by atoms with van der Waals surface area (Å²) in [5.74, 6) is 0.124. The molecule has 2 aromatic rings. The first-order valence-electron chi connectivity index (χ1n) is 6.35. The van der Waals surface area contributed by atoms with Gasteiger partial charge in [-0.15, -0.1) is 0 Å². The van der Waals surface area contributed by atoms with Crippen molar-refractivity contribution >= 4 is 29.1 Å². The van der Waals surface area contributed by atoms with Crippen LogP contribution in [0.3, 0.4) is 0 Å². The molecule has 0 radical (unpaired) electrons. The standard InChI is InChI=1S/C15H12ClN5O/c16-12-3-1-2-10(7-12)6-11(8-17)14-13(9-18)15(19)21(20-14)4-5-22/h1-3,6-7,22H,4-5,19H2. The van der Waals surface area contributed by atoms with Crippen molar-refractivity contribution in [2.75, 3.05) is 12.3 Å². The van der Waals surface area contributed by atoms with Gasteiger partial charge in [-0.05, 0) is 23.8 Å². The van der Waals surface area contributed by atoms with Gasteiger partial charge in [0.05, 0.1) is 18.7 Å². The number of rotatable bonds is 4. The third-order valence-corrected chi connectivity index (χ3v) is 3.19. The molecular weight excluding hydrogens is 302 g/mol. The Morgan fingerprint density at radius 3 is 2.82 bits per heavy atom. The van der Waals surface area contributed by atoms with E-state index in [1.807, 2.05) is 12.1 Å². The zero-order chi connectivity index (χ0) is 16.1. The number of allylic oxidation sites excluding steroid dienone is 1. The summed E-state index contributed by atoms with van der Waals surface area (Å²) < 4.78 is 1.30. The molecule has 7 heteroatoms. The van der Waals surface area contributed by atoms with Crippen LogP contribution in [0.2, 0.25) is 5.02 Å². The van der Waals surface area contributed by atoms with E-state index < -0.39 is 0 Å². The van der Waals surface area contributed by atoms with Crippen molar-refractivity contribution in [1.82, 2.24) is 9.78 Å². The number of halogens is 1. The molecule has 0 saturated carbocycles. The highest BCUT2D eigenvalue weighted by Crippen LogP contribution is 2.25. The number of nitriles is 2. The Morgan fingerprint density at radius 2 is 2.23 bits per heavy atom. The van der Waals surface area contributed by atoms with Gasteiger partial charge in [0.15, 0.2) is 0 Å². The number of nitrogens with two attached hydrogens (primary N) is 1. The van der Waals surface area contributed by atoms with E-state index in [9.17, 15) is 10.5 Å². The molecule has 22 heavy (non-hydrogen) atoms. The number of aliphatic hydroxyl groups is 1. The van der Waals surface area contributed by atoms with Gasteiger partial charge in [0, 0.05) is 5.02 Å². The van der Waals surface area contributed by atoms with Crippen LogP contribution < -0.4 is 5.73 Å². The topological polar surface area (TPSA) is 112 Å². The minimum Gasteiger partial charge on any atom is -0.394 e. The van der Waals surface area contributed by atoms with Crippen LogP contribution >= 0.6 is 11.6 Å². The smallest absolute Gasteiger partial charge is 0.140 e. The van der Waals surface area contributed by atoms with E-state index in [1.165, 1.54) is 4.68 Å². The van der Waals surface area contributed by atoms with Crippen LogP contribution in [0.1, 0.15) is 16.8 Å². The second-order valence-corrected chi connectivity index (χ2v) is 4.83. The Hall–Kier alpha value is -2.80. The zero-order valence-corrected chi connectivity index (χ0v) is 12.2. The maximum Gasteiger partial charge on any atom is 0.140 e. The predicted octanol–water partition coefficient (Wildman–Crippen LogP) is 2.05. The first-order chi connectivity index (χ1) is 10.6. The normalized spacial score (nSPS) is 11.0. The van der Waals surface area contributed by atoms with Gasteiger partial charge >= 0.3 is 0 Å². The fraction of sp³-hybridized carbons (Fsp3) is 0.133. The third-order valence-electron chi connectivity index (χ3n) is 2.95. The van der Waals surface area contributed by atoms with Gasteiger partial charge in [-0.25, -0.2) is 4.68 Å². The Morgan fingerprint density at radius 1 is 1.45 bits per heavy atom. The van der Waals surface area contributed by atoms with Crippen LogP contribution in [0.4, 0.5) is 5.82 Å². The molecule has 0 spiro atoms. The summed E-state index contributed by atoms with van der Waals surface area (Å²) in [5.41, 5.74) is 7.03. The lowest BCUT2D eigenvalue weighted by Crippen LogP contribution is -2.07. The summed E-state index contributed by atoms with van der Waals surface area (Å²) >= 11 is 5.91. The molecule has 0 unspecified atom stereocenters. The van der Waals surface area contributed by atoms with E-state index in [0.29, 0.717) is 10.6 Å². The van der Waals surface area contributed by atoms with Crippen LogP contribution in [0.5, 0.6) is 0 Å². The van der Waals surface area contributed by atoms with Gasteiger partial charge in [0.1, 0.15) is 29.2 Å². The number of anilines is 1. The lowest BCUT2D eigenvalue weighted by atomic mass is 10.1. The van der Waals surface area contributed by atoms with Crippen LogP contribution in [0, 0.1) is 22.7 Å². The second kappa shape index (κ2) is 6.77. The Kier molecular flexibility index (Phi) is 4.80. The summed E-state index contributed by atoms with van der Waals surface area (Å²) in [5, 5.41) is 32.3. The molecule has 1 heterocycles. The van der Waals surface area contributed by atoms with Crippen molar-refractivity contribution < 1.29 is 5.11 Å². The van der Waals surface area contributed by atoms with E-state index in [1.54, 1.807) is 30.3 Å². The van der Waals surface area contributed by atoms with Gasteiger partial charge < -0.3 is 10.8 Å². The van der Waals surface area contributed by atoms with Gasteiger partial charge in [-0.3, -0.25) is 0 Å². The van der Waals surface area contributed by atoms with Crippen molar-refractivity contribution in [2.24, 2.45) is 0 Å². The van der Waals surface area contributed by atoms with Crippen molar-refractivity contribution in [3.8, 4) is 12.1 Å². The van der Waals surface area contributed by atoms with E-state index in [0.717, 1.165) is 0 Å². The first kappa shape index (κ1) is 15.6. The highest BCUT2D eigenvalue weighted by Gasteiger charge is 2.18. The molecule has 0 amide bonds. The van der Waals surface area contributed by atoms with Crippen LogP contribution in [0.15, 0.2) is 24.3 Å². The zero-order valence-electron chi connectivity index (χ0n) is 11.5. The summed E-state index contributed by atoms with van der Waals surface area (Å²) in [7, 11) is 0. The lowest BCUT2D eigenvalue weighted by molar-refractivity contribution is 0.270. The summed E-state index contributed by atoms with van der Waals surface area (Å²) in [6, 6.07) is 10.9. The lowest BCUT2D eigenvalue weighted by Gasteiger charge is -1.99. The SMILES string of the molecule is N#CC(=Cc1cccc(Cl)c1)c1nn(CCO)c(N)c1C#N. The molecular formula is C15H12ClN5O. The average Bonchev–Trinajstić information content (AvgIpc) is 2.81. The molecule has 0 fully saturated rings. The first-order valence-corrected chi connectivity index (χ1v) is 6.73. The molecule has 0 bridgehead atoms. The molecule has 1 aromatic carbocycles. The van der Waals surface area contributed by atoms with Gasteiger partial charge in [0.2, 0.25) is 0 Å². The number of hydrogen-bond acceptors (Lipinski definition) is 5. The largest absolute Gasteiger partial charge is 0.394 e. The number of nitrogens with zero attached hydrogens (tertiary/aromatic N) is 4. The molecule has 2 rings (SSSR count). The van der Waals surface area contributed by atoms with E-state index in [2.05, 4.69) is 5.10 Å². The number of aromatic nitrogens is 2. The maximum absolute atomic E-state index is 9.36. The molecule has 6 nitrogen and oxygen atoms in total. The Balaban J connectivity index is 2.55. The molecule has 0 atom stereocenters. The molecule has 0 aliphatic heterocycles. The van der Waals surface area contributed by atoms with Crippen LogP contribution in [0.25, 0.3) is 11.6 Å². The highest BCUT2D eigenvalue weighted by atomic mass is 35.5. The number of benzene rings is 1. The molecule has 0 saturated heterocycles. The van der Waals surface area contributed by atoms with Crippen LogP contribution in [-0.2, 0) is 6.54 Å². The van der Waals surface area contributed by atoms with Crippen molar-refractivity contribution in [2.45, 2.75) is 6.54 Å². The fourth-order valence-corrected chi connectivity index (χ4v) is 2.15. The quantitative estimate of drug-likeness (QED) is 0.839. The van der Waals surface area contributed by atoms with Crippen molar-refractivity contribution in [3.05, 3.63) is 46.1 Å².